The van der Waals surface area contributed by atoms with Gasteiger partial charge in [-0.3, -0.25) is 4.68 Å². The summed E-state index contributed by atoms with van der Waals surface area (Å²) in [5, 5.41) is 14.0. The lowest BCUT2D eigenvalue weighted by molar-refractivity contribution is 0.0696. The third-order valence-electron chi connectivity index (χ3n) is 2.96. The molecule has 0 atom stereocenters. The number of hydrogen-bond donors (Lipinski definition) is 1. The van der Waals surface area contributed by atoms with E-state index >= 15 is 0 Å². The van der Waals surface area contributed by atoms with Gasteiger partial charge in [0.05, 0.1) is 28.7 Å². The molecule has 3 aromatic rings. The monoisotopic (exact) mass is 273 g/mol. The Balaban J connectivity index is 1.94. The van der Waals surface area contributed by atoms with Crippen LogP contribution >= 0.6 is 11.3 Å². The first-order chi connectivity index (χ1) is 9.15. The minimum absolute atomic E-state index is 0.237. The zero-order valence-corrected chi connectivity index (χ0v) is 11.0. The van der Waals surface area contributed by atoms with Crippen LogP contribution in [-0.2, 0) is 6.54 Å². The lowest BCUT2D eigenvalue weighted by Crippen LogP contribution is -2.05. The fraction of sp³-hybridized carbons (Fsp3) is 0.154. The molecule has 0 amide bonds. The average Bonchev–Trinajstić information content (AvgIpc) is 2.94. The highest BCUT2D eigenvalue weighted by Gasteiger charge is 2.14. The van der Waals surface area contributed by atoms with Crippen LogP contribution in [-0.4, -0.2) is 25.8 Å². The highest BCUT2D eigenvalue weighted by molar-refractivity contribution is 7.18. The summed E-state index contributed by atoms with van der Waals surface area (Å²) in [5.41, 5.74) is 1.85. The molecule has 0 radical (unpaired) electrons. The second kappa shape index (κ2) is 4.47. The second-order valence-corrected chi connectivity index (χ2v) is 5.30. The molecule has 0 spiro atoms. The number of carboxylic acids is 1. The first-order valence-electron chi connectivity index (χ1n) is 5.75. The molecule has 5 nitrogen and oxygen atoms in total. The van der Waals surface area contributed by atoms with E-state index in [2.05, 4.69) is 10.1 Å². The molecule has 2 aromatic heterocycles. The molecular weight excluding hydrogens is 262 g/mol. The van der Waals surface area contributed by atoms with Crippen molar-refractivity contribution in [1.82, 2.24) is 14.8 Å². The van der Waals surface area contributed by atoms with E-state index in [0.29, 0.717) is 12.2 Å². The molecule has 0 bridgehead atoms. The first-order valence-corrected chi connectivity index (χ1v) is 6.57. The van der Waals surface area contributed by atoms with Crippen LogP contribution in [0.5, 0.6) is 0 Å². The van der Waals surface area contributed by atoms with Crippen LogP contribution in [0.1, 0.15) is 21.1 Å². The number of para-hydroxylation sites is 1. The third kappa shape index (κ3) is 2.10. The summed E-state index contributed by atoms with van der Waals surface area (Å²) in [5.74, 6) is -0.951. The molecule has 19 heavy (non-hydrogen) atoms. The molecule has 0 saturated carbocycles. The molecule has 0 fully saturated rings. The Morgan fingerprint density at radius 2 is 2.21 bits per heavy atom. The molecular formula is C13H11N3O2S. The van der Waals surface area contributed by atoms with Crippen LogP contribution in [0.2, 0.25) is 0 Å². The summed E-state index contributed by atoms with van der Waals surface area (Å²) in [6, 6.07) is 7.92. The Labute approximate surface area is 113 Å². The zero-order valence-electron chi connectivity index (χ0n) is 10.2. The second-order valence-electron chi connectivity index (χ2n) is 4.18. The molecule has 0 aliphatic heterocycles. The van der Waals surface area contributed by atoms with Crippen LogP contribution in [0.4, 0.5) is 0 Å². The van der Waals surface area contributed by atoms with E-state index in [1.165, 1.54) is 6.20 Å². The fourth-order valence-corrected chi connectivity index (χ4v) is 2.88. The minimum Gasteiger partial charge on any atom is -0.478 e. The lowest BCUT2D eigenvalue weighted by Gasteiger charge is -2.01. The predicted molar refractivity (Wildman–Crippen MR) is 72.6 cm³/mol. The van der Waals surface area contributed by atoms with Gasteiger partial charge in [0, 0.05) is 0 Å². The van der Waals surface area contributed by atoms with E-state index in [9.17, 15) is 4.79 Å². The maximum Gasteiger partial charge on any atom is 0.339 e. The summed E-state index contributed by atoms with van der Waals surface area (Å²) in [6.45, 7) is 2.25. The zero-order chi connectivity index (χ0) is 13.4. The van der Waals surface area contributed by atoms with E-state index in [0.717, 1.165) is 15.2 Å². The van der Waals surface area contributed by atoms with Crippen molar-refractivity contribution >= 4 is 27.5 Å². The molecule has 3 rings (SSSR count). The third-order valence-corrected chi connectivity index (χ3v) is 3.98. The van der Waals surface area contributed by atoms with Gasteiger partial charge >= 0.3 is 5.97 Å². The molecule has 0 unspecified atom stereocenters. The largest absolute Gasteiger partial charge is 0.478 e. The van der Waals surface area contributed by atoms with E-state index in [1.54, 1.807) is 22.9 Å². The summed E-state index contributed by atoms with van der Waals surface area (Å²) in [6.07, 6.45) is 1.38. The SMILES string of the molecule is Cc1c(C(=O)O)cnn1Cc1nc2ccccc2s1. The number of aromatic nitrogens is 3. The van der Waals surface area contributed by atoms with E-state index in [4.69, 9.17) is 5.11 Å². The number of benzene rings is 1. The molecule has 0 saturated heterocycles. The van der Waals surface area contributed by atoms with Crippen molar-refractivity contribution in [3.8, 4) is 0 Å². The van der Waals surface area contributed by atoms with Gasteiger partial charge in [-0.15, -0.1) is 11.3 Å². The number of carboxylic acid groups (broad SMARTS) is 1. The Morgan fingerprint density at radius 3 is 2.89 bits per heavy atom. The number of thiazole rings is 1. The van der Waals surface area contributed by atoms with Gasteiger partial charge in [-0.25, -0.2) is 9.78 Å². The van der Waals surface area contributed by atoms with Crippen LogP contribution in [0.3, 0.4) is 0 Å². The normalized spacial score (nSPS) is 11.0. The van der Waals surface area contributed by atoms with Crippen molar-refractivity contribution in [2.45, 2.75) is 13.5 Å². The Bertz CT molecular complexity index is 727. The van der Waals surface area contributed by atoms with Crippen molar-refractivity contribution in [2.75, 3.05) is 0 Å². The molecule has 2 heterocycles. The van der Waals surface area contributed by atoms with Gasteiger partial charge in [0.25, 0.3) is 0 Å². The highest BCUT2D eigenvalue weighted by Crippen LogP contribution is 2.22. The lowest BCUT2D eigenvalue weighted by atomic mass is 10.3. The number of hydrogen-bond acceptors (Lipinski definition) is 4. The minimum atomic E-state index is -0.951. The van der Waals surface area contributed by atoms with Gasteiger partial charge in [-0.05, 0) is 19.1 Å². The summed E-state index contributed by atoms with van der Waals surface area (Å²) < 4.78 is 2.79. The highest BCUT2D eigenvalue weighted by atomic mass is 32.1. The van der Waals surface area contributed by atoms with Crippen LogP contribution < -0.4 is 0 Å². The maximum absolute atomic E-state index is 11.0. The van der Waals surface area contributed by atoms with Crippen molar-refractivity contribution < 1.29 is 9.90 Å². The number of aromatic carboxylic acids is 1. The van der Waals surface area contributed by atoms with Crippen LogP contribution in [0.15, 0.2) is 30.5 Å². The Morgan fingerprint density at radius 1 is 1.42 bits per heavy atom. The number of fused-ring (bicyclic) bond motifs is 1. The van der Waals surface area contributed by atoms with E-state index in [-0.39, 0.29) is 5.56 Å². The molecule has 96 valence electrons. The van der Waals surface area contributed by atoms with Crippen LogP contribution in [0, 0.1) is 6.92 Å². The fourth-order valence-electron chi connectivity index (χ4n) is 1.93. The number of carbonyl (C=O) groups is 1. The van der Waals surface area contributed by atoms with Crippen molar-refractivity contribution in [1.29, 1.82) is 0 Å². The first kappa shape index (κ1) is 11.9. The van der Waals surface area contributed by atoms with Gasteiger partial charge in [-0.1, -0.05) is 12.1 Å². The van der Waals surface area contributed by atoms with E-state index in [1.807, 2.05) is 24.3 Å². The van der Waals surface area contributed by atoms with Gasteiger partial charge in [0.15, 0.2) is 0 Å². The van der Waals surface area contributed by atoms with Gasteiger partial charge in [0.1, 0.15) is 10.6 Å². The molecule has 1 aromatic carbocycles. The quantitative estimate of drug-likeness (QED) is 0.796. The van der Waals surface area contributed by atoms with Crippen LogP contribution in [0.25, 0.3) is 10.2 Å². The van der Waals surface area contributed by atoms with Crippen molar-refractivity contribution in [3.05, 3.63) is 46.7 Å². The summed E-state index contributed by atoms with van der Waals surface area (Å²) >= 11 is 1.60. The maximum atomic E-state index is 11.0. The Hall–Kier alpha value is -2.21. The Kier molecular flexibility index (Phi) is 2.79. The number of nitrogens with zero attached hydrogens (tertiary/aromatic N) is 3. The molecule has 1 N–H and O–H groups in total. The van der Waals surface area contributed by atoms with Gasteiger partial charge in [0.2, 0.25) is 0 Å². The van der Waals surface area contributed by atoms with E-state index < -0.39 is 5.97 Å². The standard InChI is InChI=1S/C13H11N3O2S/c1-8-9(13(17)18)6-14-16(8)7-12-15-10-4-2-3-5-11(10)19-12/h2-6H,7H2,1H3,(H,17,18). The predicted octanol–water partition coefficient (Wildman–Crippen LogP) is 2.55. The average molecular weight is 273 g/mol. The molecule has 6 heteroatoms. The molecule has 0 aliphatic carbocycles. The van der Waals surface area contributed by atoms with Crippen molar-refractivity contribution in [3.63, 3.8) is 0 Å². The summed E-state index contributed by atoms with van der Waals surface area (Å²) in [4.78, 5) is 15.5. The summed E-state index contributed by atoms with van der Waals surface area (Å²) in [7, 11) is 0. The van der Waals surface area contributed by atoms with Gasteiger partial charge in [-0.2, -0.15) is 5.10 Å². The molecule has 0 aliphatic rings. The smallest absolute Gasteiger partial charge is 0.339 e. The van der Waals surface area contributed by atoms with Gasteiger partial charge < -0.3 is 5.11 Å². The van der Waals surface area contributed by atoms with Crippen molar-refractivity contribution in [2.24, 2.45) is 0 Å². The number of rotatable bonds is 3. The topological polar surface area (TPSA) is 68.0 Å².